The standard InChI is InChI=1S/C32H36O4/c1-5-22(4)24-14-17-28-26-10-8-9-11-27(26)29(30(28)21-24)18-19-36-25-15-12-23(13-16-25)20-31(34-6-2)32(33)35-7-3/h8-18,21-22,31H,5-7,19-20H2,1-4H3. The zero-order valence-electron chi connectivity index (χ0n) is 21.8. The summed E-state index contributed by atoms with van der Waals surface area (Å²) in [5, 5.41) is 0. The number of carbonyl (C=O) groups is 1. The molecular formula is C32H36O4. The van der Waals surface area contributed by atoms with Crippen LogP contribution in [-0.2, 0) is 20.7 Å². The third-order valence-corrected chi connectivity index (χ3v) is 6.82. The summed E-state index contributed by atoms with van der Waals surface area (Å²) >= 11 is 0. The van der Waals surface area contributed by atoms with E-state index in [4.69, 9.17) is 14.2 Å². The fourth-order valence-electron chi connectivity index (χ4n) is 4.68. The maximum absolute atomic E-state index is 12.1. The van der Waals surface area contributed by atoms with Crippen LogP contribution < -0.4 is 4.74 Å². The van der Waals surface area contributed by atoms with Crippen LogP contribution in [0.25, 0.3) is 16.7 Å². The minimum atomic E-state index is -0.589. The lowest BCUT2D eigenvalue weighted by Gasteiger charge is -2.15. The second-order valence-electron chi connectivity index (χ2n) is 9.13. The fourth-order valence-corrected chi connectivity index (χ4v) is 4.68. The molecule has 0 aromatic heterocycles. The third kappa shape index (κ3) is 5.71. The van der Waals surface area contributed by atoms with Gasteiger partial charge in [0.2, 0.25) is 0 Å². The van der Waals surface area contributed by atoms with Gasteiger partial charge >= 0.3 is 5.97 Å². The smallest absolute Gasteiger partial charge is 0.335 e. The summed E-state index contributed by atoms with van der Waals surface area (Å²) in [6.45, 7) is 9.48. The Morgan fingerprint density at radius 2 is 1.58 bits per heavy atom. The molecule has 0 heterocycles. The molecule has 1 aliphatic rings. The highest BCUT2D eigenvalue weighted by molar-refractivity contribution is 6.01. The Balaban J connectivity index is 1.47. The first-order chi connectivity index (χ1) is 17.5. The third-order valence-electron chi connectivity index (χ3n) is 6.82. The topological polar surface area (TPSA) is 44.8 Å². The van der Waals surface area contributed by atoms with E-state index < -0.39 is 6.10 Å². The van der Waals surface area contributed by atoms with E-state index in [2.05, 4.69) is 62.4 Å². The van der Waals surface area contributed by atoms with Crippen LogP contribution in [-0.4, -0.2) is 31.9 Å². The largest absolute Gasteiger partial charge is 0.490 e. The molecule has 3 aromatic rings. The minimum absolute atomic E-state index is 0.320. The molecule has 1 aliphatic carbocycles. The van der Waals surface area contributed by atoms with E-state index in [0.717, 1.165) is 17.7 Å². The molecule has 0 saturated carbocycles. The van der Waals surface area contributed by atoms with Crippen molar-refractivity contribution in [2.45, 2.75) is 52.6 Å². The number of rotatable bonds is 11. The summed E-state index contributed by atoms with van der Waals surface area (Å²) in [6.07, 6.45) is 3.19. The SMILES string of the molecule is CCOC(=O)C(Cc1ccc(OCC=C2c3ccccc3-c3ccc(C(C)CC)cc32)cc1)OCC. The Hall–Kier alpha value is -3.37. The highest BCUT2D eigenvalue weighted by Crippen LogP contribution is 2.45. The first kappa shape index (κ1) is 25.7. The van der Waals surface area contributed by atoms with Crippen molar-refractivity contribution >= 4 is 11.5 Å². The van der Waals surface area contributed by atoms with E-state index in [1.807, 2.05) is 31.2 Å². The summed E-state index contributed by atoms with van der Waals surface area (Å²) in [6, 6.07) is 23.3. The second-order valence-corrected chi connectivity index (χ2v) is 9.13. The Labute approximate surface area is 214 Å². The molecule has 0 saturated heterocycles. The molecule has 0 N–H and O–H groups in total. The van der Waals surface area contributed by atoms with E-state index in [-0.39, 0.29) is 5.97 Å². The molecule has 0 spiro atoms. The van der Waals surface area contributed by atoms with Crippen LogP contribution in [0.2, 0.25) is 0 Å². The molecule has 188 valence electrons. The predicted molar refractivity (Wildman–Crippen MR) is 145 cm³/mol. The fraction of sp³-hybridized carbons (Fsp3) is 0.344. The molecule has 2 unspecified atom stereocenters. The van der Waals surface area contributed by atoms with Gasteiger partial charge in [-0.05, 0) is 83.3 Å². The lowest BCUT2D eigenvalue weighted by Crippen LogP contribution is -2.28. The van der Waals surface area contributed by atoms with Gasteiger partial charge in [0.15, 0.2) is 6.10 Å². The number of hydrogen-bond acceptors (Lipinski definition) is 4. The van der Waals surface area contributed by atoms with Crippen LogP contribution >= 0.6 is 0 Å². The van der Waals surface area contributed by atoms with Gasteiger partial charge in [-0.1, -0.05) is 68.4 Å². The molecule has 4 nitrogen and oxygen atoms in total. The van der Waals surface area contributed by atoms with Gasteiger partial charge in [0.25, 0.3) is 0 Å². The molecule has 2 atom stereocenters. The quantitative estimate of drug-likeness (QED) is 0.211. The molecule has 3 aromatic carbocycles. The van der Waals surface area contributed by atoms with Gasteiger partial charge in [-0.3, -0.25) is 0 Å². The van der Waals surface area contributed by atoms with Crippen LogP contribution in [0.1, 0.15) is 62.3 Å². The van der Waals surface area contributed by atoms with Crippen molar-refractivity contribution in [2.24, 2.45) is 0 Å². The molecular weight excluding hydrogens is 448 g/mol. The van der Waals surface area contributed by atoms with Crippen LogP contribution in [0.4, 0.5) is 0 Å². The van der Waals surface area contributed by atoms with Crippen molar-refractivity contribution in [3.8, 4) is 16.9 Å². The summed E-state index contributed by atoms with van der Waals surface area (Å²) in [4.78, 5) is 12.1. The van der Waals surface area contributed by atoms with E-state index in [9.17, 15) is 4.79 Å². The van der Waals surface area contributed by atoms with Crippen LogP contribution in [0.3, 0.4) is 0 Å². The van der Waals surface area contributed by atoms with Crippen molar-refractivity contribution < 1.29 is 19.0 Å². The Bertz CT molecular complexity index is 1210. The monoisotopic (exact) mass is 484 g/mol. The molecule has 0 amide bonds. The van der Waals surface area contributed by atoms with Crippen molar-refractivity contribution in [1.82, 2.24) is 0 Å². The zero-order chi connectivity index (χ0) is 25.5. The average Bonchev–Trinajstić information content (AvgIpc) is 3.22. The summed E-state index contributed by atoms with van der Waals surface area (Å²) in [5.41, 5.74) is 8.73. The molecule has 4 heteroatoms. The lowest BCUT2D eigenvalue weighted by molar-refractivity contribution is -0.156. The van der Waals surface area contributed by atoms with Gasteiger partial charge in [-0.15, -0.1) is 0 Å². The van der Waals surface area contributed by atoms with Crippen LogP contribution in [0.15, 0.2) is 72.8 Å². The highest BCUT2D eigenvalue weighted by Gasteiger charge is 2.24. The van der Waals surface area contributed by atoms with E-state index in [1.54, 1.807) is 6.92 Å². The first-order valence-electron chi connectivity index (χ1n) is 13.0. The minimum Gasteiger partial charge on any atom is -0.490 e. The number of benzene rings is 3. The van der Waals surface area contributed by atoms with Crippen LogP contribution in [0.5, 0.6) is 5.75 Å². The van der Waals surface area contributed by atoms with Crippen molar-refractivity contribution in [1.29, 1.82) is 0 Å². The number of carbonyl (C=O) groups excluding carboxylic acids is 1. The number of hydrogen-bond donors (Lipinski definition) is 0. The maximum atomic E-state index is 12.1. The summed E-state index contributed by atoms with van der Waals surface area (Å²) in [7, 11) is 0. The second kappa shape index (κ2) is 12.0. The van der Waals surface area contributed by atoms with Crippen molar-refractivity contribution in [3.05, 3.63) is 95.1 Å². The lowest BCUT2D eigenvalue weighted by atomic mass is 9.93. The summed E-state index contributed by atoms with van der Waals surface area (Å²) < 4.78 is 16.8. The maximum Gasteiger partial charge on any atom is 0.335 e. The predicted octanol–water partition coefficient (Wildman–Crippen LogP) is 7.20. The summed E-state index contributed by atoms with van der Waals surface area (Å²) in [5.74, 6) is 1.00. The normalized spacial score (nSPS) is 14.7. The average molecular weight is 485 g/mol. The van der Waals surface area contributed by atoms with E-state index >= 15 is 0 Å². The zero-order valence-corrected chi connectivity index (χ0v) is 21.8. The van der Waals surface area contributed by atoms with Crippen LogP contribution in [0, 0.1) is 0 Å². The van der Waals surface area contributed by atoms with Gasteiger partial charge < -0.3 is 14.2 Å². The van der Waals surface area contributed by atoms with Gasteiger partial charge in [0.05, 0.1) is 6.61 Å². The van der Waals surface area contributed by atoms with Gasteiger partial charge in [0, 0.05) is 13.0 Å². The van der Waals surface area contributed by atoms with E-state index in [0.29, 0.717) is 32.2 Å². The van der Waals surface area contributed by atoms with Gasteiger partial charge in [-0.25, -0.2) is 4.79 Å². The van der Waals surface area contributed by atoms with E-state index in [1.165, 1.54) is 33.4 Å². The van der Waals surface area contributed by atoms with Crippen molar-refractivity contribution in [3.63, 3.8) is 0 Å². The molecule has 0 radical (unpaired) electrons. The molecule has 0 aliphatic heterocycles. The Kier molecular flexibility index (Phi) is 8.61. The van der Waals surface area contributed by atoms with Gasteiger partial charge in [-0.2, -0.15) is 0 Å². The first-order valence-corrected chi connectivity index (χ1v) is 13.0. The molecule has 0 bridgehead atoms. The number of esters is 1. The number of fused-ring (bicyclic) bond motifs is 3. The highest BCUT2D eigenvalue weighted by atomic mass is 16.6. The van der Waals surface area contributed by atoms with Crippen molar-refractivity contribution in [2.75, 3.05) is 19.8 Å². The molecule has 4 rings (SSSR count). The Morgan fingerprint density at radius 3 is 2.28 bits per heavy atom. The molecule has 36 heavy (non-hydrogen) atoms. The Morgan fingerprint density at radius 1 is 0.861 bits per heavy atom. The van der Waals surface area contributed by atoms with Gasteiger partial charge in [0.1, 0.15) is 12.4 Å². The number of ether oxygens (including phenoxy) is 3. The molecule has 0 fully saturated rings.